The predicted octanol–water partition coefficient (Wildman–Crippen LogP) is 7.53. The molecule has 0 bridgehead atoms. The van der Waals surface area contributed by atoms with Crippen LogP contribution in [-0.2, 0) is 49.1 Å². The first-order valence-electron chi connectivity index (χ1n) is 22.9. The van der Waals surface area contributed by atoms with Gasteiger partial charge in [0.05, 0.1) is 22.4 Å². The maximum absolute atomic E-state index is 11.9. The van der Waals surface area contributed by atoms with Crippen LogP contribution in [-0.4, -0.2) is 86.9 Å². The molecule has 0 aliphatic heterocycles. The van der Waals surface area contributed by atoms with Crippen molar-refractivity contribution >= 4 is 46.4 Å². The van der Waals surface area contributed by atoms with Gasteiger partial charge in [0.1, 0.15) is 72.9 Å². The molecular weight excluding hydrogens is 968 g/mol. The Bertz CT molecular complexity index is 2990. The molecule has 72 heavy (non-hydrogen) atoms. The van der Waals surface area contributed by atoms with E-state index in [1.54, 1.807) is 70.2 Å². The SMILES string of the molecule is Cc1c(COc2cc(OCc3cnc4cccnn34)c(CNC(CCO)C(=O)O)cc2Cl)cccc1-c1cccc(COc2cc(OCc3cnc4cccnn34)c(CNC(CCO)C(=O)O)cc2Cl)c1C. The zero-order chi connectivity index (χ0) is 50.7. The normalized spacial score (nSPS) is 12.2. The van der Waals surface area contributed by atoms with E-state index in [2.05, 4.69) is 30.8 Å². The fourth-order valence-electron chi connectivity index (χ4n) is 8.10. The Kier molecular flexibility index (Phi) is 16.8. The number of aliphatic carboxylic acids is 2. The van der Waals surface area contributed by atoms with Crippen LogP contribution in [0.1, 0.15) is 57.6 Å². The van der Waals surface area contributed by atoms with E-state index in [-0.39, 0.29) is 65.6 Å². The van der Waals surface area contributed by atoms with Crippen LogP contribution in [0, 0.1) is 13.8 Å². The number of aliphatic hydroxyl groups is 2. The number of hydrogen-bond acceptors (Lipinski definition) is 14. The summed E-state index contributed by atoms with van der Waals surface area (Å²) in [6, 6.07) is 24.0. The largest absolute Gasteiger partial charge is 0.487 e. The van der Waals surface area contributed by atoms with Crippen LogP contribution >= 0.6 is 23.2 Å². The molecule has 2 unspecified atom stereocenters. The van der Waals surface area contributed by atoms with Gasteiger partial charge in [-0.05, 0) is 96.5 Å². The summed E-state index contributed by atoms with van der Waals surface area (Å²) in [4.78, 5) is 32.5. The molecule has 4 heterocycles. The first-order valence-corrected chi connectivity index (χ1v) is 23.7. The molecule has 20 heteroatoms. The molecule has 0 saturated heterocycles. The van der Waals surface area contributed by atoms with Gasteiger partial charge in [0, 0.05) is 62.0 Å². The number of carbonyl (C=O) groups is 2. The molecule has 8 aromatic rings. The predicted molar refractivity (Wildman–Crippen MR) is 267 cm³/mol. The second-order valence-electron chi connectivity index (χ2n) is 16.8. The summed E-state index contributed by atoms with van der Waals surface area (Å²) in [6.07, 6.45) is 6.68. The number of aliphatic hydroxyl groups excluding tert-OH is 2. The Morgan fingerprint density at radius 3 is 1.39 bits per heavy atom. The maximum atomic E-state index is 11.9. The molecule has 374 valence electrons. The third kappa shape index (κ3) is 12.0. The van der Waals surface area contributed by atoms with Crippen molar-refractivity contribution in [2.45, 2.75) is 78.3 Å². The van der Waals surface area contributed by atoms with E-state index in [1.807, 2.05) is 62.4 Å². The van der Waals surface area contributed by atoms with Crippen molar-refractivity contribution in [2.75, 3.05) is 13.2 Å². The summed E-state index contributed by atoms with van der Waals surface area (Å²) in [5, 5.41) is 53.6. The Morgan fingerprint density at radius 1 is 0.569 bits per heavy atom. The monoisotopic (exact) mass is 1020 g/mol. The molecule has 18 nitrogen and oxygen atoms in total. The zero-order valence-corrected chi connectivity index (χ0v) is 40.8. The van der Waals surface area contributed by atoms with Crippen molar-refractivity contribution in [1.82, 2.24) is 39.8 Å². The lowest BCUT2D eigenvalue weighted by Gasteiger charge is -2.19. The number of nitrogens with zero attached hydrogens (tertiary/aromatic N) is 6. The van der Waals surface area contributed by atoms with Gasteiger partial charge < -0.3 is 50.0 Å². The summed E-state index contributed by atoms with van der Waals surface area (Å²) < 4.78 is 28.8. The quantitative estimate of drug-likeness (QED) is 0.0325. The number of rotatable bonds is 25. The minimum atomic E-state index is -1.09. The first kappa shape index (κ1) is 51.0. The molecule has 0 fully saturated rings. The van der Waals surface area contributed by atoms with E-state index in [1.165, 1.54) is 0 Å². The van der Waals surface area contributed by atoms with Crippen molar-refractivity contribution < 1.29 is 49.0 Å². The minimum Gasteiger partial charge on any atom is -0.487 e. The van der Waals surface area contributed by atoms with Crippen molar-refractivity contribution in [1.29, 1.82) is 0 Å². The topological polar surface area (TPSA) is 236 Å². The summed E-state index contributed by atoms with van der Waals surface area (Å²) in [5.74, 6) is -0.667. The number of halogens is 2. The molecule has 2 atom stereocenters. The van der Waals surface area contributed by atoms with Gasteiger partial charge in [0.2, 0.25) is 0 Å². The van der Waals surface area contributed by atoms with Gasteiger partial charge in [-0.25, -0.2) is 19.0 Å². The summed E-state index contributed by atoms with van der Waals surface area (Å²) in [6.45, 7) is 4.12. The van der Waals surface area contributed by atoms with Crippen LogP contribution < -0.4 is 29.6 Å². The molecule has 4 aromatic heterocycles. The third-order valence-corrected chi connectivity index (χ3v) is 12.7. The standard InChI is InChI=1S/C52H52Cl2N8O10/c1-31-33(27-69-47-21-45(71-29-37-25-57-49-11-5-15-59-61(37)49)35(19-41(47)53)23-55-43(13-17-63)51(65)66)7-3-9-39(31)40-10-4-8-34(32(40)2)28-70-48-22-46(72-30-38-26-58-50-12-6-16-60-62(38)50)36(20-42(48)54)24-56-44(14-18-64)52(67)68/h3-12,15-16,19-22,25-26,43-44,55-56,63-64H,13-14,17-18,23-24,27-30H2,1-2H3,(H,65,66)(H,67,68). The number of ether oxygens (including phenoxy) is 4. The number of benzene rings is 4. The number of carboxylic acid groups (broad SMARTS) is 2. The van der Waals surface area contributed by atoms with Crippen LogP contribution in [0.2, 0.25) is 10.0 Å². The molecule has 0 aliphatic rings. The molecule has 0 amide bonds. The van der Waals surface area contributed by atoms with E-state index >= 15 is 0 Å². The average Bonchev–Trinajstić information content (AvgIpc) is 3.99. The van der Waals surface area contributed by atoms with E-state index in [0.717, 1.165) is 33.4 Å². The van der Waals surface area contributed by atoms with Crippen LogP contribution in [0.5, 0.6) is 23.0 Å². The van der Waals surface area contributed by atoms with E-state index in [9.17, 15) is 30.0 Å². The number of hydrogen-bond donors (Lipinski definition) is 6. The number of fused-ring (bicyclic) bond motifs is 2. The van der Waals surface area contributed by atoms with E-state index in [4.69, 9.17) is 42.1 Å². The van der Waals surface area contributed by atoms with Crippen molar-refractivity contribution in [3.05, 3.63) is 165 Å². The Labute approximate surface area is 423 Å². The fourth-order valence-corrected chi connectivity index (χ4v) is 8.58. The highest BCUT2D eigenvalue weighted by Crippen LogP contribution is 2.37. The van der Waals surface area contributed by atoms with Gasteiger partial charge in [0.15, 0.2) is 11.3 Å². The molecule has 8 rings (SSSR count). The van der Waals surface area contributed by atoms with Crippen molar-refractivity contribution in [2.24, 2.45) is 0 Å². The molecule has 0 radical (unpaired) electrons. The van der Waals surface area contributed by atoms with Crippen LogP contribution in [0.4, 0.5) is 0 Å². The van der Waals surface area contributed by atoms with Crippen LogP contribution in [0.3, 0.4) is 0 Å². The maximum Gasteiger partial charge on any atom is 0.320 e. The van der Waals surface area contributed by atoms with Crippen molar-refractivity contribution in [3.63, 3.8) is 0 Å². The van der Waals surface area contributed by atoms with Gasteiger partial charge in [0.25, 0.3) is 0 Å². The zero-order valence-electron chi connectivity index (χ0n) is 39.3. The third-order valence-electron chi connectivity index (χ3n) is 12.1. The smallest absolute Gasteiger partial charge is 0.320 e. The molecule has 6 N–H and O–H groups in total. The molecule has 4 aromatic carbocycles. The average molecular weight is 1020 g/mol. The van der Waals surface area contributed by atoms with Crippen LogP contribution in [0.25, 0.3) is 22.4 Å². The lowest BCUT2D eigenvalue weighted by molar-refractivity contribution is -0.140. The highest BCUT2D eigenvalue weighted by Gasteiger charge is 2.22. The number of imidazole rings is 2. The second-order valence-corrected chi connectivity index (χ2v) is 17.6. The minimum absolute atomic E-state index is 0.0157. The van der Waals surface area contributed by atoms with Gasteiger partial charge in [-0.3, -0.25) is 9.59 Å². The van der Waals surface area contributed by atoms with Gasteiger partial charge in [-0.1, -0.05) is 59.6 Å². The highest BCUT2D eigenvalue weighted by atomic mass is 35.5. The van der Waals surface area contributed by atoms with E-state index in [0.29, 0.717) is 66.9 Å². The summed E-state index contributed by atoms with van der Waals surface area (Å²) >= 11 is 13.7. The summed E-state index contributed by atoms with van der Waals surface area (Å²) in [5.41, 5.74) is 9.59. The Hall–Kier alpha value is -7.32. The first-order chi connectivity index (χ1) is 34.9. The second kappa shape index (κ2) is 23.7. The Morgan fingerprint density at radius 2 is 0.986 bits per heavy atom. The lowest BCUT2D eigenvalue weighted by atomic mass is 9.92. The van der Waals surface area contributed by atoms with Crippen molar-refractivity contribution in [3.8, 4) is 34.1 Å². The molecule has 0 aliphatic carbocycles. The van der Waals surface area contributed by atoms with Crippen LogP contribution in [0.15, 0.2) is 110 Å². The fraction of sp³-hybridized carbons (Fsp3) is 0.269. The van der Waals surface area contributed by atoms with Gasteiger partial charge >= 0.3 is 11.9 Å². The molecule has 0 spiro atoms. The number of nitrogens with one attached hydrogen (secondary N) is 2. The van der Waals surface area contributed by atoms with E-state index < -0.39 is 24.0 Å². The molecular formula is C52H52Cl2N8O10. The number of aromatic nitrogens is 6. The molecule has 0 saturated carbocycles. The van der Waals surface area contributed by atoms with Gasteiger partial charge in [-0.2, -0.15) is 10.2 Å². The Balaban J connectivity index is 0.996. The lowest BCUT2D eigenvalue weighted by Crippen LogP contribution is -2.37. The van der Waals surface area contributed by atoms with Gasteiger partial charge in [-0.15, -0.1) is 0 Å². The number of carboxylic acids is 2. The highest BCUT2D eigenvalue weighted by molar-refractivity contribution is 6.32. The summed E-state index contributed by atoms with van der Waals surface area (Å²) in [7, 11) is 0.